The lowest BCUT2D eigenvalue weighted by Gasteiger charge is -2.17. The molecule has 0 bridgehead atoms. The van der Waals surface area contributed by atoms with Crippen LogP contribution in [0.2, 0.25) is 0 Å². The third kappa shape index (κ3) is 4.54. The van der Waals surface area contributed by atoms with E-state index in [2.05, 4.69) is 15.5 Å². The molecule has 0 radical (unpaired) electrons. The molecule has 0 fully saturated rings. The molecule has 1 aromatic carbocycles. The summed E-state index contributed by atoms with van der Waals surface area (Å²) in [6, 6.07) is 0.439. The lowest BCUT2D eigenvalue weighted by molar-refractivity contribution is -0.122. The summed E-state index contributed by atoms with van der Waals surface area (Å²) in [6.45, 7) is 1.09. The zero-order valence-electron chi connectivity index (χ0n) is 12.9. The van der Waals surface area contributed by atoms with Crippen molar-refractivity contribution in [2.24, 2.45) is 0 Å². The van der Waals surface area contributed by atoms with Gasteiger partial charge in [-0.25, -0.2) is 13.2 Å². The lowest BCUT2D eigenvalue weighted by Crippen LogP contribution is -2.31. The largest absolute Gasteiger partial charge is 0.394 e. The number of nitrogens with zero attached hydrogens (tertiary/aromatic N) is 2. The minimum atomic E-state index is -1.60. The number of aliphatic hydroxyl groups excluding tert-OH is 1. The van der Waals surface area contributed by atoms with Crippen LogP contribution < -0.4 is 5.32 Å². The minimum absolute atomic E-state index is 0.0604. The van der Waals surface area contributed by atoms with Crippen LogP contribution in [0.4, 0.5) is 13.2 Å². The van der Waals surface area contributed by atoms with Gasteiger partial charge in [-0.3, -0.25) is 4.79 Å². The predicted octanol–water partition coefficient (Wildman–Crippen LogP) is 1.97. The summed E-state index contributed by atoms with van der Waals surface area (Å²) < 4.78 is 44.3. The van der Waals surface area contributed by atoms with E-state index >= 15 is 0 Å². The second-order valence-electron chi connectivity index (χ2n) is 5.19. The van der Waals surface area contributed by atoms with Crippen molar-refractivity contribution in [2.45, 2.75) is 32.2 Å². The molecule has 2 N–H and O–H groups in total. The Balaban J connectivity index is 1.91. The average molecular weight is 343 g/mol. The highest BCUT2D eigenvalue weighted by Crippen LogP contribution is 2.19. The van der Waals surface area contributed by atoms with Gasteiger partial charge in [-0.05, 0) is 31.0 Å². The van der Waals surface area contributed by atoms with Crippen molar-refractivity contribution in [1.82, 2.24) is 15.5 Å². The molecule has 2 aromatic rings. The van der Waals surface area contributed by atoms with Crippen molar-refractivity contribution >= 4 is 5.91 Å². The second kappa shape index (κ2) is 7.91. The lowest BCUT2D eigenvalue weighted by atomic mass is 10.1. The SMILES string of the molecule is Cc1noc(CCCC(=O)NC(CO)c2cc(F)c(F)c(F)c2)n1. The van der Waals surface area contributed by atoms with Crippen molar-refractivity contribution in [1.29, 1.82) is 0 Å². The summed E-state index contributed by atoms with van der Waals surface area (Å²) in [6.07, 6.45) is 0.902. The smallest absolute Gasteiger partial charge is 0.226 e. The molecule has 24 heavy (non-hydrogen) atoms. The first kappa shape index (κ1) is 17.9. The van der Waals surface area contributed by atoms with Crippen molar-refractivity contribution < 1.29 is 27.6 Å². The predicted molar refractivity (Wildman–Crippen MR) is 76.3 cm³/mol. The van der Waals surface area contributed by atoms with Crippen LogP contribution in [-0.4, -0.2) is 27.8 Å². The molecule has 130 valence electrons. The Morgan fingerprint density at radius 3 is 2.54 bits per heavy atom. The topological polar surface area (TPSA) is 88.2 Å². The number of carbonyl (C=O) groups excluding carboxylic acids is 1. The number of hydrogen-bond donors (Lipinski definition) is 2. The Morgan fingerprint density at radius 1 is 1.33 bits per heavy atom. The summed E-state index contributed by atoms with van der Waals surface area (Å²) in [4.78, 5) is 15.9. The van der Waals surface area contributed by atoms with E-state index in [4.69, 9.17) is 4.52 Å². The minimum Gasteiger partial charge on any atom is -0.394 e. The molecule has 0 saturated carbocycles. The molecule has 0 saturated heterocycles. The van der Waals surface area contributed by atoms with Crippen LogP contribution in [0, 0.1) is 24.4 Å². The van der Waals surface area contributed by atoms with Gasteiger partial charge in [0.1, 0.15) is 0 Å². The van der Waals surface area contributed by atoms with Gasteiger partial charge < -0.3 is 14.9 Å². The molecular weight excluding hydrogens is 327 g/mol. The van der Waals surface area contributed by atoms with Gasteiger partial charge in [-0.1, -0.05) is 5.16 Å². The fourth-order valence-electron chi connectivity index (χ4n) is 2.12. The van der Waals surface area contributed by atoms with Gasteiger partial charge >= 0.3 is 0 Å². The summed E-state index contributed by atoms with van der Waals surface area (Å²) >= 11 is 0. The zero-order valence-corrected chi connectivity index (χ0v) is 12.9. The molecule has 1 amide bonds. The van der Waals surface area contributed by atoms with E-state index < -0.39 is 36.0 Å². The summed E-state index contributed by atoms with van der Waals surface area (Å²) in [5.74, 6) is -3.90. The van der Waals surface area contributed by atoms with Crippen LogP contribution in [0.15, 0.2) is 16.7 Å². The molecule has 0 aliphatic carbocycles. The van der Waals surface area contributed by atoms with E-state index in [9.17, 15) is 23.1 Å². The molecule has 1 aromatic heterocycles. The van der Waals surface area contributed by atoms with Gasteiger partial charge in [0.05, 0.1) is 12.6 Å². The number of benzene rings is 1. The van der Waals surface area contributed by atoms with Gasteiger partial charge in [-0.2, -0.15) is 4.98 Å². The quantitative estimate of drug-likeness (QED) is 0.751. The third-order valence-corrected chi connectivity index (χ3v) is 3.29. The Labute approximate surface area is 135 Å². The number of rotatable bonds is 7. The second-order valence-corrected chi connectivity index (χ2v) is 5.19. The maximum Gasteiger partial charge on any atom is 0.226 e. The number of amides is 1. The molecule has 0 aliphatic rings. The monoisotopic (exact) mass is 343 g/mol. The van der Waals surface area contributed by atoms with Crippen molar-refractivity contribution in [3.05, 3.63) is 46.9 Å². The highest BCUT2D eigenvalue weighted by atomic mass is 19.2. The Kier molecular flexibility index (Phi) is 5.91. The number of hydrogen-bond acceptors (Lipinski definition) is 5. The van der Waals surface area contributed by atoms with Gasteiger partial charge in [0.15, 0.2) is 23.3 Å². The summed E-state index contributed by atoms with van der Waals surface area (Å²) in [5.41, 5.74) is -0.0604. The number of aliphatic hydroxyl groups is 1. The number of aromatic nitrogens is 2. The van der Waals surface area contributed by atoms with Crippen molar-refractivity contribution in [3.8, 4) is 0 Å². The number of carbonyl (C=O) groups is 1. The van der Waals surface area contributed by atoms with E-state index in [1.165, 1.54) is 0 Å². The molecule has 6 nitrogen and oxygen atoms in total. The fourth-order valence-corrected chi connectivity index (χ4v) is 2.12. The molecule has 1 unspecified atom stereocenters. The van der Waals surface area contributed by atoms with Crippen LogP contribution in [0.3, 0.4) is 0 Å². The van der Waals surface area contributed by atoms with Crippen molar-refractivity contribution in [2.75, 3.05) is 6.61 Å². The molecular formula is C15H16F3N3O3. The fraction of sp³-hybridized carbons (Fsp3) is 0.400. The van der Waals surface area contributed by atoms with Crippen LogP contribution >= 0.6 is 0 Å². The van der Waals surface area contributed by atoms with Gasteiger partial charge in [0.2, 0.25) is 11.8 Å². The molecule has 0 spiro atoms. The Morgan fingerprint density at radius 2 is 2.00 bits per heavy atom. The third-order valence-electron chi connectivity index (χ3n) is 3.29. The maximum atomic E-state index is 13.2. The molecule has 2 rings (SSSR count). The maximum absolute atomic E-state index is 13.2. The summed E-state index contributed by atoms with van der Waals surface area (Å²) in [5, 5.41) is 15.4. The highest BCUT2D eigenvalue weighted by Gasteiger charge is 2.18. The van der Waals surface area contributed by atoms with E-state index in [0.717, 1.165) is 12.1 Å². The van der Waals surface area contributed by atoms with Crippen LogP contribution in [0.5, 0.6) is 0 Å². The zero-order chi connectivity index (χ0) is 17.7. The van der Waals surface area contributed by atoms with E-state index in [1.807, 2.05) is 0 Å². The molecule has 9 heteroatoms. The molecule has 1 atom stereocenters. The van der Waals surface area contributed by atoms with E-state index in [1.54, 1.807) is 6.92 Å². The number of nitrogens with one attached hydrogen (secondary N) is 1. The van der Waals surface area contributed by atoms with Crippen molar-refractivity contribution in [3.63, 3.8) is 0 Å². The summed E-state index contributed by atoms with van der Waals surface area (Å²) in [7, 11) is 0. The first-order valence-corrected chi connectivity index (χ1v) is 7.24. The first-order valence-electron chi connectivity index (χ1n) is 7.24. The number of aryl methyl sites for hydroxylation is 2. The first-order chi connectivity index (χ1) is 11.4. The Hall–Kier alpha value is -2.42. The molecule has 1 heterocycles. The van der Waals surface area contributed by atoms with Crippen LogP contribution in [-0.2, 0) is 11.2 Å². The van der Waals surface area contributed by atoms with E-state index in [0.29, 0.717) is 24.6 Å². The van der Waals surface area contributed by atoms with Crippen LogP contribution in [0.1, 0.15) is 36.2 Å². The number of halogens is 3. The normalized spacial score (nSPS) is 12.2. The van der Waals surface area contributed by atoms with Gasteiger partial charge in [0.25, 0.3) is 0 Å². The van der Waals surface area contributed by atoms with Gasteiger partial charge in [0, 0.05) is 12.8 Å². The molecule has 0 aliphatic heterocycles. The Bertz CT molecular complexity index is 698. The standard InChI is InChI=1S/C15H16F3N3O3/c1-8-19-14(24-21-8)4-2-3-13(23)20-12(7-22)9-5-10(16)15(18)11(17)6-9/h5-6,12,22H,2-4,7H2,1H3,(H,20,23). The highest BCUT2D eigenvalue weighted by molar-refractivity contribution is 5.76. The average Bonchev–Trinajstić information content (AvgIpc) is 2.95. The van der Waals surface area contributed by atoms with Gasteiger partial charge in [-0.15, -0.1) is 0 Å². The van der Waals surface area contributed by atoms with E-state index in [-0.39, 0.29) is 12.0 Å². The van der Waals surface area contributed by atoms with Crippen LogP contribution in [0.25, 0.3) is 0 Å².